The van der Waals surface area contributed by atoms with Crippen molar-refractivity contribution in [1.29, 1.82) is 5.26 Å². The van der Waals surface area contributed by atoms with Gasteiger partial charge in [-0.1, -0.05) is 12.1 Å². The quantitative estimate of drug-likeness (QED) is 0.901. The van der Waals surface area contributed by atoms with E-state index < -0.39 is 23.2 Å². The van der Waals surface area contributed by atoms with Crippen LogP contribution in [0.1, 0.15) is 30.4 Å². The van der Waals surface area contributed by atoms with Gasteiger partial charge in [-0.15, -0.1) is 0 Å². The molecule has 22 heavy (non-hydrogen) atoms. The van der Waals surface area contributed by atoms with E-state index in [0.717, 1.165) is 5.56 Å². The van der Waals surface area contributed by atoms with Gasteiger partial charge in [-0.2, -0.15) is 18.4 Å². The van der Waals surface area contributed by atoms with E-state index in [-0.39, 0.29) is 25.8 Å². The van der Waals surface area contributed by atoms with Crippen LogP contribution in [0, 0.1) is 16.7 Å². The summed E-state index contributed by atoms with van der Waals surface area (Å²) in [5.74, 6) is 0. The molecule has 3 fully saturated rings. The number of benzene rings is 1. The standard InChI is InChI=1S/C15H14F3N3O/c16-15(17,18)13-7-14(8-13,9-13)21-12(22)20-6-11-3-1-2-10(4-11)5-19/h1-4H,6-9H2,(H2,20,21,22). The topological polar surface area (TPSA) is 64.9 Å². The van der Waals surface area contributed by atoms with Gasteiger partial charge in [-0.25, -0.2) is 4.79 Å². The van der Waals surface area contributed by atoms with Crippen LogP contribution >= 0.6 is 0 Å². The van der Waals surface area contributed by atoms with E-state index in [1.807, 2.05) is 6.07 Å². The Labute approximate surface area is 125 Å². The van der Waals surface area contributed by atoms with Crippen molar-refractivity contribution in [3.63, 3.8) is 0 Å². The van der Waals surface area contributed by atoms with Crippen LogP contribution in [0.25, 0.3) is 0 Å². The molecule has 2 amide bonds. The number of alkyl halides is 3. The molecule has 0 saturated heterocycles. The van der Waals surface area contributed by atoms with Gasteiger partial charge in [0.2, 0.25) is 0 Å². The van der Waals surface area contributed by atoms with Crippen molar-refractivity contribution in [2.24, 2.45) is 5.41 Å². The number of carbonyl (C=O) groups excluding carboxylic acids is 1. The van der Waals surface area contributed by atoms with Crippen LogP contribution in [-0.4, -0.2) is 17.7 Å². The van der Waals surface area contributed by atoms with Gasteiger partial charge in [-0.05, 0) is 37.0 Å². The maximum Gasteiger partial charge on any atom is 0.394 e. The van der Waals surface area contributed by atoms with Crippen molar-refractivity contribution in [3.05, 3.63) is 35.4 Å². The highest BCUT2D eigenvalue weighted by atomic mass is 19.4. The molecule has 3 aliphatic carbocycles. The van der Waals surface area contributed by atoms with Crippen molar-refractivity contribution >= 4 is 6.03 Å². The predicted octanol–water partition coefficient (Wildman–Crippen LogP) is 2.84. The van der Waals surface area contributed by atoms with Crippen LogP contribution in [-0.2, 0) is 6.54 Å². The molecule has 1 aromatic carbocycles. The SMILES string of the molecule is N#Cc1cccc(CNC(=O)NC23CC(C(F)(F)F)(C2)C3)c1. The van der Waals surface area contributed by atoms with E-state index in [2.05, 4.69) is 10.6 Å². The van der Waals surface area contributed by atoms with Crippen LogP contribution in [0.5, 0.6) is 0 Å². The second-order valence-electron chi connectivity index (χ2n) is 6.21. The predicted molar refractivity (Wildman–Crippen MR) is 71.6 cm³/mol. The summed E-state index contributed by atoms with van der Waals surface area (Å²) in [6, 6.07) is 8.31. The van der Waals surface area contributed by atoms with Gasteiger partial charge in [0.1, 0.15) is 0 Å². The first kappa shape index (κ1) is 14.7. The average molecular weight is 309 g/mol. The van der Waals surface area contributed by atoms with Crippen molar-refractivity contribution in [1.82, 2.24) is 10.6 Å². The lowest BCUT2D eigenvalue weighted by Gasteiger charge is -2.70. The summed E-state index contributed by atoms with van der Waals surface area (Å²) in [5, 5.41) is 14.0. The molecule has 3 aliphatic rings. The van der Waals surface area contributed by atoms with Crippen molar-refractivity contribution < 1.29 is 18.0 Å². The van der Waals surface area contributed by atoms with Crippen LogP contribution in [0.3, 0.4) is 0 Å². The summed E-state index contributed by atoms with van der Waals surface area (Å²) in [4.78, 5) is 11.8. The summed E-state index contributed by atoms with van der Waals surface area (Å²) < 4.78 is 38.1. The molecular weight excluding hydrogens is 295 g/mol. The second-order valence-corrected chi connectivity index (χ2v) is 6.21. The van der Waals surface area contributed by atoms with Gasteiger partial charge in [-0.3, -0.25) is 0 Å². The highest BCUT2D eigenvalue weighted by Gasteiger charge is 2.79. The smallest absolute Gasteiger partial charge is 0.334 e. The fourth-order valence-corrected chi connectivity index (χ4v) is 3.44. The number of nitrogens with one attached hydrogen (secondary N) is 2. The zero-order valence-corrected chi connectivity index (χ0v) is 11.6. The van der Waals surface area contributed by atoms with Crippen LogP contribution < -0.4 is 10.6 Å². The Bertz CT molecular complexity index is 643. The van der Waals surface area contributed by atoms with E-state index >= 15 is 0 Å². The molecule has 0 unspecified atom stereocenters. The molecule has 3 saturated carbocycles. The molecule has 0 heterocycles. The Morgan fingerprint density at radius 2 is 2.00 bits per heavy atom. The fourth-order valence-electron chi connectivity index (χ4n) is 3.44. The number of rotatable bonds is 3. The zero-order valence-electron chi connectivity index (χ0n) is 11.6. The molecule has 2 N–H and O–H groups in total. The zero-order chi connectivity index (χ0) is 16.0. The molecule has 2 bridgehead atoms. The molecule has 4 rings (SSSR count). The Kier molecular flexibility index (Phi) is 3.09. The number of amides is 2. The fraction of sp³-hybridized carbons (Fsp3) is 0.467. The summed E-state index contributed by atoms with van der Waals surface area (Å²) in [6.45, 7) is 0.224. The first-order valence-corrected chi connectivity index (χ1v) is 6.89. The van der Waals surface area contributed by atoms with E-state index in [0.29, 0.717) is 5.56 Å². The lowest BCUT2D eigenvalue weighted by atomic mass is 9.39. The monoisotopic (exact) mass is 309 g/mol. The molecule has 116 valence electrons. The van der Waals surface area contributed by atoms with Crippen molar-refractivity contribution in [2.75, 3.05) is 0 Å². The largest absolute Gasteiger partial charge is 0.394 e. The molecule has 0 radical (unpaired) electrons. The maximum absolute atomic E-state index is 12.7. The molecule has 0 aliphatic heterocycles. The molecular formula is C15H14F3N3O. The third-order valence-corrected chi connectivity index (χ3v) is 4.52. The highest BCUT2D eigenvalue weighted by Crippen LogP contribution is 2.73. The molecule has 1 aromatic rings. The third kappa shape index (κ3) is 2.28. The summed E-state index contributed by atoms with van der Waals surface area (Å²) in [5.41, 5.74) is -1.00. The summed E-state index contributed by atoms with van der Waals surface area (Å²) >= 11 is 0. The van der Waals surface area contributed by atoms with E-state index in [1.165, 1.54) is 0 Å². The highest BCUT2D eigenvalue weighted by molar-refractivity contribution is 5.75. The number of halogens is 3. The Morgan fingerprint density at radius 3 is 2.59 bits per heavy atom. The van der Waals surface area contributed by atoms with Gasteiger partial charge >= 0.3 is 12.2 Å². The molecule has 0 spiro atoms. The summed E-state index contributed by atoms with van der Waals surface area (Å²) in [7, 11) is 0. The Morgan fingerprint density at radius 1 is 1.32 bits per heavy atom. The first-order chi connectivity index (χ1) is 10.3. The minimum Gasteiger partial charge on any atom is -0.334 e. The minimum absolute atomic E-state index is 0.0269. The molecule has 4 nitrogen and oxygen atoms in total. The van der Waals surface area contributed by atoms with Gasteiger partial charge in [0.25, 0.3) is 0 Å². The second kappa shape index (κ2) is 4.63. The van der Waals surface area contributed by atoms with E-state index in [4.69, 9.17) is 5.26 Å². The lowest BCUT2D eigenvalue weighted by molar-refractivity contribution is -0.336. The van der Waals surface area contributed by atoms with E-state index in [1.54, 1.807) is 24.3 Å². The first-order valence-electron chi connectivity index (χ1n) is 6.89. The lowest BCUT2D eigenvalue weighted by Crippen LogP contribution is -2.79. The number of nitrogens with zero attached hydrogens (tertiary/aromatic N) is 1. The minimum atomic E-state index is -4.18. The molecule has 0 atom stereocenters. The van der Waals surface area contributed by atoms with Gasteiger partial charge in [0.15, 0.2) is 0 Å². The van der Waals surface area contributed by atoms with Crippen LogP contribution in [0.2, 0.25) is 0 Å². The number of nitriles is 1. The van der Waals surface area contributed by atoms with Crippen LogP contribution in [0.4, 0.5) is 18.0 Å². The third-order valence-electron chi connectivity index (χ3n) is 4.52. The molecule has 7 heteroatoms. The number of urea groups is 1. The number of hydrogen-bond acceptors (Lipinski definition) is 2. The summed E-state index contributed by atoms with van der Waals surface area (Å²) in [6.07, 6.45) is -4.26. The maximum atomic E-state index is 12.7. The van der Waals surface area contributed by atoms with Gasteiger partial charge in [0, 0.05) is 12.1 Å². The van der Waals surface area contributed by atoms with E-state index in [9.17, 15) is 18.0 Å². The van der Waals surface area contributed by atoms with Gasteiger partial charge < -0.3 is 10.6 Å². The van der Waals surface area contributed by atoms with Crippen LogP contribution in [0.15, 0.2) is 24.3 Å². The molecule has 0 aromatic heterocycles. The van der Waals surface area contributed by atoms with Crippen molar-refractivity contribution in [3.8, 4) is 6.07 Å². The number of hydrogen-bond donors (Lipinski definition) is 2. The Balaban J connectivity index is 1.48. The average Bonchev–Trinajstić information content (AvgIpc) is 2.37. The Hall–Kier alpha value is -2.23. The van der Waals surface area contributed by atoms with Crippen molar-refractivity contribution in [2.45, 2.75) is 37.5 Å². The number of carbonyl (C=O) groups is 1. The van der Waals surface area contributed by atoms with Gasteiger partial charge in [0.05, 0.1) is 17.0 Å². The normalized spacial score (nSPS) is 28.8.